The minimum Gasteiger partial charge on any atom is -0.393 e. The maximum Gasteiger partial charge on any atom is 0.0555 e. The van der Waals surface area contributed by atoms with Gasteiger partial charge in [-0.3, -0.25) is 0 Å². The van der Waals surface area contributed by atoms with Gasteiger partial charge in [0.05, 0.1) is 6.10 Å². The minimum atomic E-state index is -0.0498. The lowest BCUT2D eigenvalue weighted by Crippen LogP contribution is -2.43. The molecular formula is C15H29NO. The van der Waals surface area contributed by atoms with Gasteiger partial charge in [-0.25, -0.2) is 0 Å². The zero-order valence-corrected chi connectivity index (χ0v) is 11.5. The van der Waals surface area contributed by atoms with Gasteiger partial charge in [0.15, 0.2) is 0 Å². The van der Waals surface area contributed by atoms with E-state index in [4.69, 9.17) is 0 Å². The SMILES string of the molecule is CC(C)CCC(NC1CCCC(O)C1)C1CC1. The van der Waals surface area contributed by atoms with Gasteiger partial charge in [-0.15, -0.1) is 0 Å². The maximum atomic E-state index is 9.72. The Balaban J connectivity index is 1.76. The van der Waals surface area contributed by atoms with Crippen molar-refractivity contribution >= 4 is 0 Å². The molecule has 0 aromatic heterocycles. The Morgan fingerprint density at radius 1 is 1.12 bits per heavy atom. The van der Waals surface area contributed by atoms with Crippen molar-refractivity contribution in [2.75, 3.05) is 0 Å². The van der Waals surface area contributed by atoms with Crippen LogP contribution in [0.3, 0.4) is 0 Å². The predicted octanol–water partition coefficient (Wildman–Crippen LogP) is 3.09. The Morgan fingerprint density at radius 3 is 2.47 bits per heavy atom. The first kappa shape index (κ1) is 13.4. The Kier molecular flexibility index (Phi) is 4.87. The van der Waals surface area contributed by atoms with Crippen LogP contribution in [0.4, 0.5) is 0 Å². The minimum absolute atomic E-state index is 0.0498. The van der Waals surface area contributed by atoms with Gasteiger partial charge >= 0.3 is 0 Å². The van der Waals surface area contributed by atoms with E-state index in [0.29, 0.717) is 6.04 Å². The van der Waals surface area contributed by atoms with Crippen LogP contribution in [-0.2, 0) is 0 Å². The third-order valence-electron chi connectivity index (χ3n) is 4.34. The lowest BCUT2D eigenvalue weighted by Gasteiger charge is -2.31. The number of rotatable bonds is 6. The monoisotopic (exact) mass is 239 g/mol. The van der Waals surface area contributed by atoms with Crippen LogP contribution in [0, 0.1) is 11.8 Å². The number of aliphatic hydroxyl groups is 1. The van der Waals surface area contributed by atoms with Crippen molar-refractivity contribution in [3.63, 3.8) is 0 Å². The van der Waals surface area contributed by atoms with Gasteiger partial charge in [0.1, 0.15) is 0 Å². The summed E-state index contributed by atoms with van der Waals surface area (Å²) in [7, 11) is 0. The number of nitrogens with one attached hydrogen (secondary N) is 1. The predicted molar refractivity (Wildman–Crippen MR) is 72.0 cm³/mol. The molecule has 17 heavy (non-hydrogen) atoms. The van der Waals surface area contributed by atoms with Gasteiger partial charge in [0, 0.05) is 12.1 Å². The molecule has 2 N–H and O–H groups in total. The highest BCUT2D eigenvalue weighted by atomic mass is 16.3. The van der Waals surface area contributed by atoms with E-state index in [1.165, 1.54) is 38.5 Å². The molecule has 0 aromatic carbocycles. The van der Waals surface area contributed by atoms with Crippen molar-refractivity contribution in [2.24, 2.45) is 11.8 Å². The summed E-state index contributed by atoms with van der Waals surface area (Å²) in [5.74, 6) is 1.75. The van der Waals surface area contributed by atoms with E-state index in [9.17, 15) is 5.11 Å². The number of hydrogen-bond donors (Lipinski definition) is 2. The quantitative estimate of drug-likeness (QED) is 0.746. The summed E-state index contributed by atoms with van der Waals surface area (Å²) in [4.78, 5) is 0. The Hall–Kier alpha value is -0.0800. The molecule has 0 radical (unpaired) electrons. The molecule has 0 amide bonds. The largest absolute Gasteiger partial charge is 0.393 e. The molecule has 0 aromatic rings. The van der Waals surface area contributed by atoms with Crippen LogP contribution in [-0.4, -0.2) is 23.3 Å². The zero-order valence-electron chi connectivity index (χ0n) is 11.5. The first-order chi connectivity index (χ1) is 8.15. The van der Waals surface area contributed by atoms with Crippen LogP contribution < -0.4 is 5.32 Å². The number of hydrogen-bond acceptors (Lipinski definition) is 2. The fourth-order valence-electron chi connectivity index (χ4n) is 3.08. The van der Waals surface area contributed by atoms with Crippen molar-refractivity contribution in [1.82, 2.24) is 5.32 Å². The third kappa shape index (κ3) is 4.59. The van der Waals surface area contributed by atoms with E-state index < -0.39 is 0 Å². The molecule has 0 aliphatic heterocycles. The molecule has 2 aliphatic carbocycles. The second-order valence-electron chi connectivity index (χ2n) is 6.60. The van der Waals surface area contributed by atoms with Crippen LogP contribution in [0.25, 0.3) is 0 Å². The van der Waals surface area contributed by atoms with Crippen LogP contribution >= 0.6 is 0 Å². The van der Waals surface area contributed by atoms with E-state index in [-0.39, 0.29) is 6.10 Å². The molecule has 100 valence electrons. The van der Waals surface area contributed by atoms with Gasteiger partial charge in [0.2, 0.25) is 0 Å². The molecule has 3 unspecified atom stereocenters. The van der Waals surface area contributed by atoms with E-state index in [0.717, 1.165) is 30.7 Å². The van der Waals surface area contributed by atoms with Crippen molar-refractivity contribution in [1.29, 1.82) is 0 Å². The fourth-order valence-corrected chi connectivity index (χ4v) is 3.08. The second kappa shape index (κ2) is 6.19. The molecule has 0 spiro atoms. The average molecular weight is 239 g/mol. The Morgan fingerprint density at radius 2 is 1.88 bits per heavy atom. The molecule has 0 saturated heterocycles. The third-order valence-corrected chi connectivity index (χ3v) is 4.34. The molecule has 3 atom stereocenters. The van der Waals surface area contributed by atoms with Crippen molar-refractivity contribution in [3.8, 4) is 0 Å². The highest BCUT2D eigenvalue weighted by Crippen LogP contribution is 2.36. The fraction of sp³-hybridized carbons (Fsp3) is 1.00. The first-order valence-electron chi connectivity index (χ1n) is 7.59. The van der Waals surface area contributed by atoms with Gasteiger partial charge in [0.25, 0.3) is 0 Å². The molecule has 2 heteroatoms. The van der Waals surface area contributed by atoms with Crippen molar-refractivity contribution < 1.29 is 5.11 Å². The van der Waals surface area contributed by atoms with Crippen LogP contribution in [0.1, 0.15) is 65.2 Å². The lowest BCUT2D eigenvalue weighted by molar-refractivity contribution is 0.106. The molecule has 0 bridgehead atoms. The maximum absolute atomic E-state index is 9.72. The molecule has 2 fully saturated rings. The van der Waals surface area contributed by atoms with Crippen LogP contribution in [0.2, 0.25) is 0 Å². The molecule has 2 saturated carbocycles. The normalized spacial score (nSPS) is 31.8. The number of aliphatic hydroxyl groups excluding tert-OH is 1. The summed E-state index contributed by atoms with van der Waals surface area (Å²) in [5.41, 5.74) is 0. The van der Waals surface area contributed by atoms with E-state index >= 15 is 0 Å². The zero-order chi connectivity index (χ0) is 12.3. The standard InChI is InChI=1S/C15H29NO/c1-11(2)6-9-15(12-7-8-12)16-13-4-3-5-14(17)10-13/h11-17H,3-10H2,1-2H3. The smallest absolute Gasteiger partial charge is 0.0555 e. The molecule has 2 rings (SSSR count). The molecular weight excluding hydrogens is 210 g/mol. The highest BCUT2D eigenvalue weighted by molar-refractivity contribution is 4.90. The second-order valence-corrected chi connectivity index (χ2v) is 6.60. The summed E-state index contributed by atoms with van der Waals surface area (Å²) >= 11 is 0. The summed E-state index contributed by atoms with van der Waals surface area (Å²) < 4.78 is 0. The first-order valence-corrected chi connectivity index (χ1v) is 7.59. The van der Waals surface area contributed by atoms with Crippen LogP contribution in [0.5, 0.6) is 0 Å². The summed E-state index contributed by atoms with van der Waals surface area (Å²) in [6.07, 6.45) is 9.91. The van der Waals surface area contributed by atoms with Gasteiger partial charge in [-0.1, -0.05) is 13.8 Å². The summed E-state index contributed by atoms with van der Waals surface area (Å²) in [6.45, 7) is 4.63. The molecule has 2 aliphatic rings. The van der Waals surface area contributed by atoms with Crippen molar-refractivity contribution in [3.05, 3.63) is 0 Å². The average Bonchev–Trinajstić information content (AvgIpc) is 3.07. The Bertz CT molecular complexity index is 225. The van der Waals surface area contributed by atoms with Gasteiger partial charge < -0.3 is 10.4 Å². The highest BCUT2D eigenvalue weighted by Gasteiger charge is 2.33. The van der Waals surface area contributed by atoms with E-state index in [1.807, 2.05) is 0 Å². The van der Waals surface area contributed by atoms with Crippen molar-refractivity contribution in [2.45, 2.75) is 83.4 Å². The van der Waals surface area contributed by atoms with Crippen LogP contribution in [0.15, 0.2) is 0 Å². The lowest BCUT2D eigenvalue weighted by atomic mass is 9.91. The Labute approximate surface area is 106 Å². The van der Waals surface area contributed by atoms with E-state index in [1.54, 1.807) is 0 Å². The van der Waals surface area contributed by atoms with Gasteiger partial charge in [-0.2, -0.15) is 0 Å². The molecule has 0 heterocycles. The molecule has 2 nitrogen and oxygen atoms in total. The summed E-state index contributed by atoms with van der Waals surface area (Å²) in [5, 5.41) is 13.6. The topological polar surface area (TPSA) is 32.3 Å². The van der Waals surface area contributed by atoms with Gasteiger partial charge in [-0.05, 0) is 63.2 Å². The summed E-state index contributed by atoms with van der Waals surface area (Å²) in [6, 6.07) is 1.31. The van der Waals surface area contributed by atoms with E-state index in [2.05, 4.69) is 19.2 Å².